The molecule has 1 aliphatic carbocycles. The average Bonchev–Trinajstić information content (AvgIpc) is 3.17. The molecule has 2 aliphatic rings. The van der Waals surface area contributed by atoms with Crippen LogP contribution in [0.15, 0.2) is 54.6 Å². The van der Waals surface area contributed by atoms with Crippen LogP contribution in [-0.4, -0.2) is 32.9 Å². The molecule has 5 nitrogen and oxygen atoms in total. The van der Waals surface area contributed by atoms with Gasteiger partial charge in [0, 0.05) is 28.5 Å². The predicted octanol–water partition coefficient (Wildman–Crippen LogP) is 5.94. The lowest BCUT2D eigenvalue weighted by molar-refractivity contribution is -0.134. The second kappa shape index (κ2) is 9.46. The first kappa shape index (κ1) is 23.0. The summed E-state index contributed by atoms with van der Waals surface area (Å²) in [4.78, 5) is 29.5. The molecule has 2 heterocycles. The second-order valence-corrected chi connectivity index (χ2v) is 10.4. The van der Waals surface area contributed by atoms with Gasteiger partial charge < -0.3 is 14.8 Å². The summed E-state index contributed by atoms with van der Waals surface area (Å²) >= 11 is 6.24. The van der Waals surface area contributed by atoms with Crippen LogP contribution >= 0.6 is 11.6 Å². The van der Waals surface area contributed by atoms with Crippen molar-refractivity contribution in [3.8, 4) is 0 Å². The first-order chi connectivity index (χ1) is 16.5. The Hall–Kier alpha value is -2.79. The molecule has 1 fully saturated rings. The van der Waals surface area contributed by atoms with Gasteiger partial charge in [-0.2, -0.15) is 0 Å². The van der Waals surface area contributed by atoms with E-state index in [1.807, 2.05) is 66.1 Å². The van der Waals surface area contributed by atoms with Gasteiger partial charge in [-0.25, -0.2) is 0 Å². The van der Waals surface area contributed by atoms with Gasteiger partial charge in [0.1, 0.15) is 11.2 Å². The van der Waals surface area contributed by atoms with Crippen molar-refractivity contribution in [3.63, 3.8) is 0 Å². The summed E-state index contributed by atoms with van der Waals surface area (Å²) in [6, 6.07) is 17.6. The lowest BCUT2D eigenvalue weighted by Gasteiger charge is -2.44. The van der Waals surface area contributed by atoms with Gasteiger partial charge >= 0.3 is 0 Å². The van der Waals surface area contributed by atoms with E-state index < -0.39 is 5.54 Å². The summed E-state index contributed by atoms with van der Waals surface area (Å²) in [5.41, 5.74) is 1.50. The SMILES string of the molecule is C[C@]1(C(=O)NC2CCCCCCC2)Cn2c(cc3ccccc32)C(=O)N1Cc1cccc(Cl)c1. The highest BCUT2D eigenvalue weighted by atomic mass is 35.5. The van der Waals surface area contributed by atoms with Gasteiger partial charge in [0.25, 0.3) is 5.91 Å². The number of rotatable bonds is 4. The molecule has 2 aromatic carbocycles. The summed E-state index contributed by atoms with van der Waals surface area (Å²) < 4.78 is 2.02. The number of fused-ring (bicyclic) bond motifs is 3. The Morgan fingerprint density at radius 1 is 1.03 bits per heavy atom. The number of para-hydroxylation sites is 1. The first-order valence-electron chi connectivity index (χ1n) is 12.4. The third-order valence-corrected chi connectivity index (χ3v) is 7.73. The van der Waals surface area contributed by atoms with Crippen LogP contribution in [0.3, 0.4) is 0 Å². The first-order valence-corrected chi connectivity index (χ1v) is 12.8. The van der Waals surface area contributed by atoms with E-state index in [9.17, 15) is 9.59 Å². The Labute approximate surface area is 206 Å². The fourth-order valence-corrected chi connectivity index (χ4v) is 5.73. The van der Waals surface area contributed by atoms with E-state index in [0.29, 0.717) is 23.8 Å². The van der Waals surface area contributed by atoms with E-state index in [0.717, 1.165) is 42.1 Å². The molecule has 6 heteroatoms. The molecule has 0 saturated heterocycles. The van der Waals surface area contributed by atoms with Crippen LogP contribution in [0.2, 0.25) is 5.02 Å². The summed E-state index contributed by atoms with van der Waals surface area (Å²) in [6.07, 6.45) is 8.01. The number of nitrogens with one attached hydrogen (secondary N) is 1. The van der Waals surface area contributed by atoms with Crippen LogP contribution in [0.4, 0.5) is 0 Å². The van der Waals surface area contributed by atoms with Crippen molar-refractivity contribution in [2.75, 3.05) is 0 Å². The summed E-state index contributed by atoms with van der Waals surface area (Å²) in [5, 5.41) is 4.98. The zero-order valence-corrected chi connectivity index (χ0v) is 20.5. The van der Waals surface area contributed by atoms with Crippen molar-refractivity contribution in [1.29, 1.82) is 0 Å². The maximum atomic E-state index is 13.9. The zero-order valence-electron chi connectivity index (χ0n) is 19.7. The van der Waals surface area contributed by atoms with Gasteiger partial charge in [0.05, 0.1) is 6.54 Å². The molecule has 2 amide bonds. The van der Waals surface area contributed by atoms with Crippen molar-refractivity contribution in [1.82, 2.24) is 14.8 Å². The number of carbonyl (C=O) groups excluding carboxylic acids is 2. The summed E-state index contributed by atoms with van der Waals surface area (Å²) in [7, 11) is 0. The normalized spacial score (nSPS) is 21.7. The van der Waals surface area contributed by atoms with Gasteiger partial charge in [0.15, 0.2) is 0 Å². The van der Waals surface area contributed by atoms with Gasteiger partial charge in [0.2, 0.25) is 5.91 Å². The van der Waals surface area contributed by atoms with E-state index >= 15 is 0 Å². The predicted molar refractivity (Wildman–Crippen MR) is 136 cm³/mol. The molecule has 0 bridgehead atoms. The molecule has 1 aromatic heterocycles. The lowest BCUT2D eigenvalue weighted by atomic mass is 9.91. The van der Waals surface area contributed by atoms with E-state index in [2.05, 4.69) is 5.32 Å². The number of carbonyl (C=O) groups is 2. The third-order valence-electron chi connectivity index (χ3n) is 7.50. The molecule has 1 N–H and O–H groups in total. The Morgan fingerprint density at radius 3 is 2.53 bits per heavy atom. The fourth-order valence-electron chi connectivity index (χ4n) is 5.51. The van der Waals surface area contributed by atoms with Crippen LogP contribution in [0, 0.1) is 0 Å². The minimum Gasteiger partial charge on any atom is -0.351 e. The molecule has 3 aromatic rings. The minimum absolute atomic E-state index is 0.0723. The number of hydrogen-bond donors (Lipinski definition) is 1. The summed E-state index contributed by atoms with van der Waals surface area (Å²) in [5.74, 6) is -0.199. The maximum Gasteiger partial charge on any atom is 0.271 e. The van der Waals surface area contributed by atoms with Gasteiger partial charge in [-0.1, -0.05) is 74.0 Å². The molecule has 5 rings (SSSR count). The number of benzene rings is 2. The number of aromatic nitrogens is 1. The van der Waals surface area contributed by atoms with Crippen molar-refractivity contribution < 1.29 is 9.59 Å². The van der Waals surface area contributed by atoms with Gasteiger partial charge in [-0.05, 0) is 49.6 Å². The molecule has 0 spiro atoms. The topological polar surface area (TPSA) is 54.3 Å². The number of halogens is 1. The second-order valence-electron chi connectivity index (χ2n) is 9.99. The van der Waals surface area contributed by atoms with E-state index in [-0.39, 0.29) is 17.9 Å². The molecular weight excluding hydrogens is 446 g/mol. The zero-order chi connectivity index (χ0) is 23.7. The van der Waals surface area contributed by atoms with E-state index in [1.54, 1.807) is 4.90 Å². The van der Waals surface area contributed by atoms with Crippen molar-refractivity contribution >= 4 is 34.3 Å². The van der Waals surface area contributed by atoms with E-state index in [1.165, 1.54) is 19.3 Å². The van der Waals surface area contributed by atoms with Crippen molar-refractivity contribution in [3.05, 3.63) is 70.9 Å². The Balaban J connectivity index is 1.52. The van der Waals surface area contributed by atoms with Crippen LogP contribution < -0.4 is 5.32 Å². The quantitative estimate of drug-likeness (QED) is 0.505. The maximum absolute atomic E-state index is 13.9. The molecular formula is C28H32ClN3O2. The van der Waals surface area contributed by atoms with Gasteiger partial charge in [-0.3, -0.25) is 9.59 Å². The molecule has 0 radical (unpaired) electrons. The Morgan fingerprint density at radius 2 is 1.76 bits per heavy atom. The molecule has 1 aliphatic heterocycles. The highest BCUT2D eigenvalue weighted by Crippen LogP contribution is 2.34. The molecule has 178 valence electrons. The molecule has 1 atom stereocenters. The monoisotopic (exact) mass is 477 g/mol. The smallest absolute Gasteiger partial charge is 0.271 e. The number of hydrogen-bond acceptors (Lipinski definition) is 2. The lowest BCUT2D eigenvalue weighted by Crippen LogP contribution is -2.64. The third kappa shape index (κ3) is 4.34. The van der Waals surface area contributed by atoms with E-state index in [4.69, 9.17) is 11.6 Å². The highest BCUT2D eigenvalue weighted by Gasteiger charge is 2.48. The number of nitrogens with zero attached hydrogens (tertiary/aromatic N) is 2. The van der Waals surface area contributed by atoms with Gasteiger partial charge in [-0.15, -0.1) is 0 Å². The molecule has 0 unspecified atom stereocenters. The standard InChI is InChI=1S/C28H32ClN3O2/c1-28(27(34)30-23-13-5-3-2-4-6-14-23)19-31-24-15-8-7-11-21(24)17-25(31)26(33)32(28)18-20-10-9-12-22(29)16-20/h7-12,15-17,23H,2-6,13-14,18-19H2,1H3,(H,30,34)/t28-/m1/s1. The average molecular weight is 478 g/mol. The molecule has 34 heavy (non-hydrogen) atoms. The number of amides is 2. The van der Waals surface area contributed by atoms with Crippen LogP contribution in [0.5, 0.6) is 0 Å². The van der Waals surface area contributed by atoms with Crippen molar-refractivity contribution in [2.45, 2.75) is 76.5 Å². The fraction of sp³-hybridized carbons (Fsp3) is 0.429. The van der Waals surface area contributed by atoms with Crippen LogP contribution in [0.25, 0.3) is 10.9 Å². The molecule has 1 saturated carbocycles. The Bertz CT molecular complexity index is 1210. The highest BCUT2D eigenvalue weighted by molar-refractivity contribution is 6.30. The summed E-state index contributed by atoms with van der Waals surface area (Å²) in [6.45, 7) is 2.65. The van der Waals surface area contributed by atoms with Crippen LogP contribution in [0.1, 0.15) is 67.9 Å². The minimum atomic E-state index is -1.02. The Kier molecular flexibility index (Phi) is 6.39. The van der Waals surface area contributed by atoms with Crippen LogP contribution in [-0.2, 0) is 17.9 Å². The van der Waals surface area contributed by atoms with Crippen molar-refractivity contribution in [2.24, 2.45) is 0 Å². The largest absolute Gasteiger partial charge is 0.351 e.